The third-order valence-electron chi connectivity index (χ3n) is 8.60. The van der Waals surface area contributed by atoms with E-state index in [0.717, 1.165) is 12.1 Å². The Morgan fingerprint density at radius 2 is 1.80 bits per heavy atom. The lowest BCUT2D eigenvalue weighted by molar-refractivity contribution is -0.00911. The van der Waals surface area contributed by atoms with Gasteiger partial charge in [-0.3, -0.25) is 9.40 Å². The van der Waals surface area contributed by atoms with Crippen LogP contribution < -0.4 is 10.0 Å². The molecule has 1 amide bonds. The number of nitrogens with one attached hydrogen (secondary N) is 2. The highest BCUT2D eigenvalue weighted by atomic mass is 35.5. The molecule has 3 aromatic heterocycles. The molecule has 0 spiro atoms. The maximum atomic E-state index is 15.1. The van der Waals surface area contributed by atoms with Gasteiger partial charge in [0.25, 0.3) is 12.3 Å². The van der Waals surface area contributed by atoms with Crippen LogP contribution in [0.15, 0.2) is 42.5 Å². The zero-order chi connectivity index (χ0) is 39.3. The van der Waals surface area contributed by atoms with Crippen LogP contribution in [0.3, 0.4) is 0 Å². The summed E-state index contributed by atoms with van der Waals surface area (Å²) in [7, 11) is 0.00264. The molecule has 0 radical (unpaired) electrons. The van der Waals surface area contributed by atoms with E-state index in [4.69, 9.17) is 11.6 Å². The Morgan fingerprint density at radius 1 is 1.11 bits per heavy atom. The van der Waals surface area contributed by atoms with Gasteiger partial charge >= 0.3 is 6.03 Å². The number of nitrogens with zero attached hydrogens (tertiary/aromatic N) is 5. The molecule has 6 rings (SSSR count). The zero-order valence-corrected chi connectivity index (χ0v) is 30.1. The Kier molecular flexibility index (Phi) is 10.5. The number of hydrogen-bond acceptors (Lipinski definition) is 7. The van der Waals surface area contributed by atoms with Gasteiger partial charge in [-0.25, -0.2) is 31.5 Å². The predicted molar refractivity (Wildman–Crippen MR) is 187 cm³/mol. The van der Waals surface area contributed by atoms with Crippen molar-refractivity contribution in [3.05, 3.63) is 93.0 Å². The monoisotopic (exact) mass is 793 g/mol. The maximum absolute atomic E-state index is 15.1. The molecule has 5 aromatic rings. The van der Waals surface area contributed by atoms with Crippen molar-refractivity contribution in [1.29, 1.82) is 0 Å². The lowest BCUT2D eigenvalue weighted by Gasteiger charge is -2.23. The molecular formula is C35H30ClF6N7O4S. The average molecular weight is 794 g/mol. The third kappa shape index (κ3) is 7.67. The molecule has 19 heteroatoms. The first kappa shape index (κ1) is 38.8. The first-order chi connectivity index (χ1) is 25.4. The first-order valence-electron chi connectivity index (χ1n) is 16.1. The SMILES string of the molecule is Cn1nc(NS(C)=O)c2c(Cl)ccc(-c3ccc(C#CC(C)(O)CO)nc3C(Cc3cc(F)cc(F)c3)NC(=O)n3nc(C(F)F)c4c3C(F)(F)CC4)c21. The molecule has 1 aliphatic carbocycles. The summed E-state index contributed by atoms with van der Waals surface area (Å²) in [6.07, 6.45) is -3.61. The van der Waals surface area contributed by atoms with E-state index in [1.807, 2.05) is 0 Å². The van der Waals surface area contributed by atoms with Crippen LogP contribution in [0.1, 0.15) is 59.7 Å². The summed E-state index contributed by atoms with van der Waals surface area (Å²) in [4.78, 5) is 18.6. The van der Waals surface area contributed by atoms with Gasteiger partial charge in [0.05, 0.1) is 34.3 Å². The molecule has 0 saturated heterocycles. The summed E-state index contributed by atoms with van der Waals surface area (Å²) in [6, 6.07) is 5.79. The number of alkyl halides is 4. The van der Waals surface area contributed by atoms with Gasteiger partial charge in [0.15, 0.2) is 5.82 Å². The van der Waals surface area contributed by atoms with E-state index in [9.17, 15) is 36.8 Å². The molecule has 1 aliphatic rings. The zero-order valence-electron chi connectivity index (χ0n) is 28.5. The third-order valence-corrected chi connectivity index (χ3v) is 9.40. The quantitative estimate of drug-likeness (QED) is 0.105. The van der Waals surface area contributed by atoms with Gasteiger partial charge in [-0.15, -0.1) is 0 Å². The van der Waals surface area contributed by atoms with E-state index < -0.39 is 95.5 Å². The Bertz CT molecular complexity index is 2370. The number of aryl methyl sites for hydroxylation is 1. The molecule has 2 aromatic carbocycles. The number of anilines is 1. The molecule has 11 nitrogen and oxygen atoms in total. The fourth-order valence-corrected chi connectivity index (χ4v) is 6.94. The van der Waals surface area contributed by atoms with Gasteiger partial charge in [0.2, 0.25) is 0 Å². The number of benzene rings is 2. The number of hydrogen-bond donors (Lipinski definition) is 4. The number of carbonyl (C=O) groups is 1. The van der Waals surface area contributed by atoms with Crippen molar-refractivity contribution in [2.24, 2.45) is 7.05 Å². The minimum absolute atomic E-state index is 0.0201. The van der Waals surface area contributed by atoms with Crippen molar-refractivity contribution < 1.29 is 45.6 Å². The summed E-state index contributed by atoms with van der Waals surface area (Å²) in [5, 5.41) is 30.9. The van der Waals surface area contributed by atoms with Crippen molar-refractivity contribution in [2.45, 2.75) is 50.2 Å². The van der Waals surface area contributed by atoms with Crippen molar-refractivity contribution >= 4 is 45.3 Å². The second-order valence-electron chi connectivity index (χ2n) is 12.8. The highest BCUT2D eigenvalue weighted by molar-refractivity contribution is 7.85. The normalized spacial score (nSPS) is 15.7. The molecule has 284 valence electrons. The highest BCUT2D eigenvalue weighted by Crippen LogP contribution is 2.45. The molecule has 4 N–H and O–H groups in total. The van der Waals surface area contributed by atoms with E-state index in [1.54, 1.807) is 13.1 Å². The highest BCUT2D eigenvalue weighted by Gasteiger charge is 2.47. The Morgan fingerprint density at radius 3 is 2.44 bits per heavy atom. The second kappa shape index (κ2) is 14.7. The molecule has 0 bridgehead atoms. The van der Waals surface area contributed by atoms with Crippen molar-refractivity contribution in [3.8, 4) is 23.0 Å². The molecule has 3 atom stereocenters. The number of aliphatic hydroxyl groups is 2. The van der Waals surface area contributed by atoms with Crippen LogP contribution >= 0.6 is 11.6 Å². The number of amides is 1. The standard InChI is InChI=1S/C35H30ClF6N7O4S/c1-34(52,16-50)10-8-20-4-5-21(22-6-7-24(36)26-29(22)48(2)46-32(26)47-54(3)53)27(43-20)25(14-17-12-18(37)15-19(38)13-17)44-33(51)49-30-23(9-11-35(30,41)42)28(45-49)31(39)40/h4-7,12-13,15,25,31,50,52H,9,11,14,16H2,1-3H3,(H,44,51)(H,46,47). The van der Waals surface area contributed by atoms with Crippen LogP contribution in [-0.4, -0.2) is 63.5 Å². The Balaban J connectivity index is 1.59. The molecule has 54 heavy (non-hydrogen) atoms. The topological polar surface area (TPSA) is 147 Å². The largest absolute Gasteiger partial charge is 0.392 e. The lowest BCUT2D eigenvalue weighted by Crippen LogP contribution is -2.37. The van der Waals surface area contributed by atoms with Gasteiger partial charge in [0.1, 0.15) is 45.3 Å². The van der Waals surface area contributed by atoms with E-state index >= 15 is 8.78 Å². The molecule has 0 aliphatic heterocycles. The first-order valence-corrected chi connectivity index (χ1v) is 18.0. The van der Waals surface area contributed by atoms with Crippen LogP contribution in [0.4, 0.5) is 37.0 Å². The number of aliphatic hydroxyl groups excluding tert-OH is 1. The van der Waals surface area contributed by atoms with E-state index in [-0.39, 0.29) is 38.0 Å². The van der Waals surface area contributed by atoms with Gasteiger partial charge < -0.3 is 15.5 Å². The minimum Gasteiger partial charge on any atom is -0.392 e. The van der Waals surface area contributed by atoms with Crippen molar-refractivity contribution in [2.75, 3.05) is 17.6 Å². The average Bonchev–Trinajstić information content (AvgIpc) is 3.74. The van der Waals surface area contributed by atoms with Crippen molar-refractivity contribution in [3.63, 3.8) is 0 Å². The fourth-order valence-electron chi connectivity index (χ4n) is 6.28. The number of halogens is 7. The molecular weight excluding hydrogens is 764 g/mol. The predicted octanol–water partition coefficient (Wildman–Crippen LogP) is 6.08. The lowest BCUT2D eigenvalue weighted by atomic mass is 9.93. The number of carbonyl (C=O) groups excluding carboxylic acids is 1. The number of pyridine rings is 1. The van der Waals surface area contributed by atoms with Crippen molar-refractivity contribution in [1.82, 2.24) is 29.9 Å². The molecule has 0 saturated carbocycles. The van der Waals surface area contributed by atoms with Gasteiger partial charge in [-0.1, -0.05) is 23.6 Å². The van der Waals surface area contributed by atoms with E-state index in [1.165, 1.54) is 36.1 Å². The maximum Gasteiger partial charge on any atom is 0.343 e. The Hall–Kier alpha value is -4.96. The van der Waals surface area contributed by atoms with Crippen LogP contribution in [0, 0.1) is 23.5 Å². The van der Waals surface area contributed by atoms with E-state index in [2.05, 4.69) is 37.1 Å². The van der Waals surface area contributed by atoms with E-state index in [0.29, 0.717) is 22.5 Å². The van der Waals surface area contributed by atoms with Gasteiger partial charge in [-0.05, 0) is 61.6 Å². The van der Waals surface area contributed by atoms with Crippen LogP contribution in [0.5, 0.6) is 0 Å². The molecule has 0 fully saturated rings. The van der Waals surface area contributed by atoms with Gasteiger partial charge in [0, 0.05) is 42.5 Å². The summed E-state index contributed by atoms with van der Waals surface area (Å²) in [6.45, 7) is 0.501. The summed E-state index contributed by atoms with van der Waals surface area (Å²) in [5.74, 6) is -0.358. The number of fused-ring (bicyclic) bond motifs is 2. The second-order valence-corrected chi connectivity index (χ2v) is 14.3. The smallest absolute Gasteiger partial charge is 0.343 e. The number of rotatable bonds is 9. The fraction of sp³-hybridized carbons (Fsp3) is 0.314. The van der Waals surface area contributed by atoms with Crippen LogP contribution in [0.25, 0.3) is 22.0 Å². The number of aromatic nitrogens is 5. The minimum atomic E-state index is -3.68. The summed E-state index contributed by atoms with van der Waals surface area (Å²) in [5.41, 5.74) is -3.46. The van der Waals surface area contributed by atoms with Crippen LogP contribution in [-0.2, 0) is 36.8 Å². The molecule has 3 unspecified atom stereocenters. The Labute approximate surface area is 310 Å². The van der Waals surface area contributed by atoms with Gasteiger partial charge in [-0.2, -0.15) is 23.7 Å². The summed E-state index contributed by atoms with van der Waals surface area (Å²) >= 11 is 6.59. The summed E-state index contributed by atoms with van der Waals surface area (Å²) < 4.78 is 104. The van der Waals surface area contributed by atoms with Crippen LogP contribution in [0.2, 0.25) is 5.02 Å². The molecule has 3 heterocycles.